The number of fused-ring (bicyclic) bond motifs is 1. The fourth-order valence-corrected chi connectivity index (χ4v) is 3.33. The molecular weight excluding hydrogens is 340 g/mol. The number of nitrogens with one attached hydrogen (secondary N) is 1. The summed E-state index contributed by atoms with van der Waals surface area (Å²) in [6.45, 7) is 6.51. The van der Waals surface area contributed by atoms with Crippen LogP contribution in [-0.4, -0.2) is 46.5 Å². The highest BCUT2D eigenvalue weighted by Gasteiger charge is 2.15. The molecule has 1 aliphatic rings. The van der Waals surface area contributed by atoms with Crippen LogP contribution < -0.4 is 5.32 Å². The highest BCUT2D eigenvalue weighted by molar-refractivity contribution is 5.93. The minimum atomic E-state index is -0.163. The van der Waals surface area contributed by atoms with Crippen LogP contribution in [0.5, 0.6) is 0 Å². The minimum absolute atomic E-state index is 0.0836. The van der Waals surface area contributed by atoms with Gasteiger partial charge in [-0.15, -0.1) is 0 Å². The van der Waals surface area contributed by atoms with E-state index in [4.69, 9.17) is 4.74 Å². The van der Waals surface area contributed by atoms with E-state index in [0.29, 0.717) is 5.69 Å². The van der Waals surface area contributed by atoms with Crippen molar-refractivity contribution in [3.63, 3.8) is 0 Å². The SMILES string of the molecule is C[C@@H](NC(=O)c1cn2ccccc2n1)c1ccc(CN2CCOCC2)cc1. The van der Waals surface area contributed by atoms with Crippen molar-refractivity contribution in [1.82, 2.24) is 19.6 Å². The molecule has 2 aromatic heterocycles. The van der Waals surface area contributed by atoms with Gasteiger partial charge in [-0.05, 0) is 30.2 Å². The van der Waals surface area contributed by atoms with Gasteiger partial charge in [-0.3, -0.25) is 9.69 Å². The Bertz CT molecular complexity index is 880. The molecule has 4 rings (SSSR count). The number of amides is 1. The number of hydrogen-bond donors (Lipinski definition) is 1. The van der Waals surface area contributed by atoms with Gasteiger partial charge in [0.25, 0.3) is 5.91 Å². The Morgan fingerprint density at radius 1 is 1.19 bits per heavy atom. The summed E-state index contributed by atoms with van der Waals surface area (Å²) in [6.07, 6.45) is 3.64. The summed E-state index contributed by atoms with van der Waals surface area (Å²) in [6, 6.07) is 14.1. The molecule has 0 unspecified atom stereocenters. The van der Waals surface area contributed by atoms with Gasteiger partial charge in [0.05, 0.1) is 19.3 Å². The van der Waals surface area contributed by atoms with Crippen LogP contribution in [0.2, 0.25) is 0 Å². The van der Waals surface area contributed by atoms with Gasteiger partial charge in [0.15, 0.2) is 0 Å². The lowest BCUT2D eigenvalue weighted by molar-refractivity contribution is 0.0342. The molecule has 3 aromatic rings. The molecule has 6 heteroatoms. The number of pyridine rings is 1. The Kier molecular flexibility index (Phi) is 5.18. The molecule has 0 radical (unpaired) electrons. The summed E-state index contributed by atoms with van der Waals surface area (Å²) in [5.74, 6) is -0.163. The van der Waals surface area contributed by atoms with E-state index in [1.54, 1.807) is 6.20 Å². The number of benzene rings is 1. The Hall–Kier alpha value is -2.70. The Morgan fingerprint density at radius 3 is 2.70 bits per heavy atom. The standard InChI is InChI=1S/C21H24N4O2/c1-16(22-21(26)19-15-25-9-3-2-4-20(25)23-19)18-7-5-17(6-8-18)14-24-10-12-27-13-11-24/h2-9,15-16H,10-14H2,1H3,(H,22,26)/t16-/m1/s1. The maximum absolute atomic E-state index is 12.5. The number of hydrogen-bond acceptors (Lipinski definition) is 4. The normalized spacial score (nSPS) is 16.3. The molecule has 0 aliphatic carbocycles. The number of ether oxygens (including phenoxy) is 1. The second kappa shape index (κ2) is 7.90. The van der Waals surface area contributed by atoms with Crippen molar-refractivity contribution in [1.29, 1.82) is 0 Å². The topological polar surface area (TPSA) is 58.9 Å². The number of aromatic nitrogens is 2. The maximum atomic E-state index is 12.5. The molecule has 0 spiro atoms. The number of nitrogens with zero attached hydrogens (tertiary/aromatic N) is 3. The third-order valence-corrected chi connectivity index (χ3v) is 4.93. The summed E-state index contributed by atoms with van der Waals surface area (Å²) in [5.41, 5.74) is 3.55. The van der Waals surface area contributed by atoms with E-state index in [9.17, 15) is 4.79 Å². The Balaban J connectivity index is 1.38. The van der Waals surface area contributed by atoms with Gasteiger partial charge < -0.3 is 14.5 Å². The van der Waals surface area contributed by atoms with Gasteiger partial charge >= 0.3 is 0 Å². The number of carbonyl (C=O) groups is 1. The molecule has 1 saturated heterocycles. The third-order valence-electron chi connectivity index (χ3n) is 4.93. The first-order chi connectivity index (χ1) is 13.2. The predicted octanol–water partition coefficient (Wildman–Crippen LogP) is 2.66. The van der Waals surface area contributed by atoms with Crippen molar-refractivity contribution < 1.29 is 9.53 Å². The second-order valence-electron chi connectivity index (χ2n) is 6.92. The van der Waals surface area contributed by atoms with Crippen LogP contribution in [0.15, 0.2) is 54.9 Å². The van der Waals surface area contributed by atoms with E-state index in [0.717, 1.165) is 44.1 Å². The summed E-state index contributed by atoms with van der Waals surface area (Å²) < 4.78 is 7.24. The smallest absolute Gasteiger partial charge is 0.271 e. The highest BCUT2D eigenvalue weighted by atomic mass is 16.5. The average Bonchev–Trinajstić information content (AvgIpc) is 3.14. The lowest BCUT2D eigenvalue weighted by atomic mass is 10.1. The van der Waals surface area contributed by atoms with Gasteiger partial charge in [-0.25, -0.2) is 4.98 Å². The zero-order valence-electron chi connectivity index (χ0n) is 15.5. The minimum Gasteiger partial charge on any atom is -0.379 e. The van der Waals surface area contributed by atoms with Crippen molar-refractivity contribution in [2.24, 2.45) is 0 Å². The van der Waals surface area contributed by atoms with E-state index in [1.807, 2.05) is 35.7 Å². The first-order valence-electron chi connectivity index (χ1n) is 9.32. The van der Waals surface area contributed by atoms with Crippen LogP contribution in [0.3, 0.4) is 0 Å². The quantitative estimate of drug-likeness (QED) is 0.756. The van der Waals surface area contributed by atoms with Crippen LogP contribution in [0.1, 0.15) is 34.6 Å². The predicted molar refractivity (Wildman–Crippen MR) is 104 cm³/mol. The van der Waals surface area contributed by atoms with Crippen molar-refractivity contribution in [3.8, 4) is 0 Å². The van der Waals surface area contributed by atoms with Crippen LogP contribution in [0.25, 0.3) is 5.65 Å². The fraction of sp³-hybridized carbons (Fsp3) is 0.333. The first kappa shape index (κ1) is 17.7. The molecule has 0 saturated carbocycles. The van der Waals surface area contributed by atoms with E-state index >= 15 is 0 Å². The average molecular weight is 364 g/mol. The monoisotopic (exact) mass is 364 g/mol. The van der Waals surface area contributed by atoms with Crippen molar-refractivity contribution >= 4 is 11.6 Å². The summed E-state index contributed by atoms with van der Waals surface area (Å²) >= 11 is 0. The van der Waals surface area contributed by atoms with Crippen molar-refractivity contribution in [2.45, 2.75) is 19.5 Å². The molecular formula is C21H24N4O2. The van der Waals surface area contributed by atoms with E-state index in [1.165, 1.54) is 5.56 Å². The maximum Gasteiger partial charge on any atom is 0.271 e. The molecule has 1 atom stereocenters. The second-order valence-corrected chi connectivity index (χ2v) is 6.92. The molecule has 1 amide bonds. The zero-order valence-corrected chi connectivity index (χ0v) is 15.5. The third kappa shape index (κ3) is 4.18. The van der Waals surface area contributed by atoms with Gasteiger partial charge in [0, 0.05) is 32.0 Å². The first-order valence-corrected chi connectivity index (χ1v) is 9.32. The van der Waals surface area contributed by atoms with Gasteiger partial charge in [0.1, 0.15) is 11.3 Å². The highest BCUT2D eigenvalue weighted by Crippen LogP contribution is 2.16. The molecule has 0 bridgehead atoms. The molecule has 3 heterocycles. The molecule has 1 aliphatic heterocycles. The summed E-state index contributed by atoms with van der Waals surface area (Å²) in [4.78, 5) is 19.3. The lowest BCUT2D eigenvalue weighted by Crippen LogP contribution is -2.35. The van der Waals surface area contributed by atoms with Crippen LogP contribution in [0.4, 0.5) is 0 Å². The van der Waals surface area contributed by atoms with Gasteiger partial charge in [-0.2, -0.15) is 0 Å². The Morgan fingerprint density at radius 2 is 1.96 bits per heavy atom. The summed E-state index contributed by atoms with van der Waals surface area (Å²) in [7, 11) is 0. The zero-order chi connectivity index (χ0) is 18.6. The van der Waals surface area contributed by atoms with Crippen LogP contribution in [-0.2, 0) is 11.3 Å². The molecule has 27 heavy (non-hydrogen) atoms. The molecule has 1 fully saturated rings. The van der Waals surface area contributed by atoms with E-state index in [2.05, 4.69) is 39.5 Å². The summed E-state index contributed by atoms with van der Waals surface area (Å²) in [5, 5.41) is 3.03. The number of imidazole rings is 1. The number of morpholine rings is 1. The lowest BCUT2D eigenvalue weighted by Gasteiger charge is -2.26. The van der Waals surface area contributed by atoms with E-state index in [-0.39, 0.29) is 11.9 Å². The van der Waals surface area contributed by atoms with Gasteiger partial charge in [0.2, 0.25) is 0 Å². The molecule has 1 aromatic carbocycles. The van der Waals surface area contributed by atoms with Crippen molar-refractivity contribution in [3.05, 3.63) is 71.7 Å². The Labute approximate surface area is 158 Å². The largest absolute Gasteiger partial charge is 0.379 e. The van der Waals surface area contributed by atoms with Crippen molar-refractivity contribution in [2.75, 3.05) is 26.3 Å². The van der Waals surface area contributed by atoms with Crippen LogP contribution >= 0.6 is 0 Å². The van der Waals surface area contributed by atoms with E-state index < -0.39 is 0 Å². The fourth-order valence-electron chi connectivity index (χ4n) is 3.33. The van der Waals surface area contributed by atoms with Gasteiger partial charge in [-0.1, -0.05) is 30.3 Å². The van der Waals surface area contributed by atoms with Crippen LogP contribution in [0, 0.1) is 0 Å². The molecule has 140 valence electrons. The molecule has 6 nitrogen and oxygen atoms in total. The molecule has 1 N–H and O–H groups in total. The number of rotatable bonds is 5. The number of carbonyl (C=O) groups excluding carboxylic acids is 1.